The van der Waals surface area contributed by atoms with Crippen molar-refractivity contribution in [2.75, 3.05) is 39.3 Å². The summed E-state index contributed by atoms with van der Waals surface area (Å²) in [6.07, 6.45) is 7.39. The fourth-order valence-corrected chi connectivity index (χ4v) is 12.8. The molecule has 0 spiro atoms. The first kappa shape index (κ1) is 89.8. The Labute approximate surface area is 649 Å². The van der Waals surface area contributed by atoms with Gasteiger partial charge in [0, 0.05) is 59.9 Å². The molecule has 1 saturated heterocycles. The maximum Gasteiger partial charge on any atom is 0.331 e. The van der Waals surface area contributed by atoms with Gasteiger partial charge in [-0.3, -0.25) is 62.3 Å². The molecule has 0 bridgehead atoms. The maximum atomic E-state index is 15.0. The maximum absolute atomic E-state index is 15.0. The van der Waals surface area contributed by atoms with Crippen LogP contribution in [0.5, 0.6) is 5.75 Å². The number of nitrogens with two attached hydrogens (primary N) is 4. The van der Waals surface area contributed by atoms with E-state index >= 15 is 4.79 Å². The molecule has 2 aromatic heterocycles. The minimum absolute atomic E-state index is 0.0278. The number of carbonyl (C=O) groups is 14. The van der Waals surface area contributed by atoms with Gasteiger partial charge in [-0.1, -0.05) is 114 Å². The molecule has 0 unspecified atom stereocenters. The number of amides is 13. The first-order valence-corrected chi connectivity index (χ1v) is 38.3. The SMILES string of the molecule is CCCCCCCCCC(=O)N[C@H](CC(N)=O)C(=O)N[C@H](Cc1ccc(O)cc1)C(=O)N[C@H](Cc1c[nH]c2ccccc12)C(=O)N[C@H](CCCN)C(=O)N[C@@H](CCCN)C(=O)NCC(=O)N[C@H](CCCN)C(=O)N[C@@H](Cc1c[nH]c2ccccc12)C(=O)N[C@@H]1C(=O)N[C@@H]([C@@H](C)CC)C(=O)NCC(=O)N[C@@H](CO)C(=O)O[C@@H]1C. The number of rotatable bonds is 45. The Kier molecular flexibility index (Phi) is 37.4. The number of aromatic nitrogens is 2. The number of nitrogens with one attached hydrogen (secondary N) is 14. The fourth-order valence-electron chi connectivity index (χ4n) is 12.8. The van der Waals surface area contributed by atoms with E-state index in [-0.39, 0.29) is 89.6 Å². The van der Waals surface area contributed by atoms with Crippen LogP contribution in [0, 0.1) is 5.92 Å². The molecule has 35 nitrogen and oxygen atoms in total. The second-order valence-electron chi connectivity index (χ2n) is 28.1. The van der Waals surface area contributed by atoms with Gasteiger partial charge in [0.05, 0.1) is 26.1 Å². The number of aromatic amines is 2. The van der Waals surface area contributed by atoms with Crippen LogP contribution in [0.15, 0.2) is 85.2 Å². The number of unbranched alkanes of at least 4 members (excludes halogenated alkanes) is 6. The van der Waals surface area contributed by atoms with Gasteiger partial charge in [0.25, 0.3) is 0 Å². The average molecular weight is 1560 g/mol. The van der Waals surface area contributed by atoms with Crippen molar-refractivity contribution in [3.05, 3.63) is 102 Å². The quantitative estimate of drug-likeness (QED) is 0.0159. The van der Waals surface area contributed by atoms with E-state index in [0.29, 0.717) is 51.3 Å². The summed E-state index contributed by atoms with van der Waals surface area (Å²) in [5.41, 5.74) is 26.2. The molecular formula is C77H112N18O17. The van der Waals surface area contributed by atoms with Gasteiger partial charge in [0.15, 0.2) is 6.04 Å². The van der Waals surface area contributed by atoms with E-state index in [1.54, 1.807) is 74.8 Å². The third kappa shape index (κ3) is 28.7. The number of phenols is 1. The first-order chi connectivity index (χ1) is 53.7. The number of phenolic OH excluding ortho intramolecular Hbond substituents is 1. The van der Waals surface area contributed by atoms with Gasteiger partial charge >= 0.3 is 5.97 Å². The van der Waals surface area contributed by atoms with Crippen molar-refractivity contribution in [1.29, 1.82) is 0 Å². The van der Waals surface area contributed by atoms with Crippen LogP contribution in [0.25, 0.3) is 21.8 Å². The number of H-pyrrole nitrogens is 2. The zero-order valence-electron chi connectivity index (χ0n) is 64.0. The number of hydrogen-bond donors (Lipinski definition) is 20. The molecule has 3 aromatic carbocycles. The standard InChI is InChI=1S/C77H112N18O17/c1-5-7-8-9-10-11-12-27-63(99)87-60(38-62(81)98)73(107)91-57(35-46-28-30-49(97)31-29-46)71(105)93-58(36-47-39-82-52-22-15-13-20-50(47)52)72(106)90-56(26-19-34-80)70(104)89-54(24-17-32-78)68(102)84-41-64(100)86-55(25-18-33-79)69(103)92-59(37-48-40-83-53-23-16-14-21-51(48)53)74(108)95-67-45(4)112-77(111)61(43-96)88-65(101)42-85-75(109)66(44(3)6-2)94-76(67)110/h13-16,20-23,28-31,39-40,44-45,54-61,66-67,82-83,96-97H,5-12,17-19,24-27,32-38,41-43,78-80H2,1-4H3,(H2,81,98)(H,84,102)(H,85,109)(H,86,100)(H,87,99)(H,88,101)(H,89,104)(H,90,106)(H,91,107)(H,92,103)(H,93,105)(H,94,110)(H,95,108)/t44-,45+,54-,55+,56+,57+,58+,59-,60+,61-,66-,67-/m0/s1. The van der Waals surface area contributed by atoms with Crippen molar-refractivity contribution < 1.29 is 82.1 Å². The molecule has 1 aliphatic heterocycles. The summed E-state index contributed by atoms with van der Waals surface area (Å²) in [6.45, 7) is 4.52. The molecular weight excluding hydrogens is 1450 g/mol. The Balaban J connectivity index is 1.21. The molecule has 0 saturated carbocycles. The van der Waals surface area contributed by atoms with Crippen molar-refractivity contribution >= 4 is 105 Å². The van der Waals surface area contributed by atoms with E-state index in [4.69, 9.17) is 27.7 Å². The summed E-state index contributed by atoms with van der Waals surface area (Å²) in [7, 11) is 0. The Morgan fingerprint density at radius 1 is 0.545 bits per heavy atom. The Morgan fingerprint density at radius 2 is 1.02 bits per heavy atom. The summed E-state index contributed by atoms with van der Waals surface area (Å²) in [4.78, 5) is 203. The summed E-state index contributed by atoms with van der Waals surface area (Å²) < 4.78 is 5.57. The number of aromatic hydroxyl groups is 1. The van der Waals surface area contributed by atoms with Gasteiger partial charge in [-0.2, -0.15) is 0 Å². The molecule has 3 heterocycles. The van der Waals surface area contributed by atoms with Crippen LogP contribution in [0.4, 0.5) is 0 Å². The predicted molar refractivity (Wildman–Crippen MR) is 415 cm³/mol. The Morgan fingerprint density at radius 3 is 1.54 bits per heavy atom. The first-order valence-electron chi connectivity index (χ1n) is 38.3. The zero-order chi connectivity index (χ0) is 81.8. The van der Waals surface area contributed by atoms with Crippen LogP contribution in [-0.4, -0.2) is 209 Å². The number of aliphatic hydroxyl groups is 1. The molecule has 5 aromatic rings. The van der Waals surface area contributed by atoms with Crippen LogP contribution in [-0.2, 0) is 91.1 Å². The minimum atomic E-state index is -1.79. The molecule has 13 amide bonds. The topological polar surface area (TPSA) is 569 Å². The molecule has 24 N–H and O–H groups in total. The lowest BCUT2D eigenvalue weighted by Crippen LogP contribution is -2.62. The summed E-state index contributed by atoms with van der Waals surface area (Å²) in [5, 5.41) is 52.6. The second-order valence-corrected chi connectivity index (χ2v) is 28.1. The van der Waals surface area contributed by atoms with Crippen LogP contribution < -0.4 is 86.7 Å². The number of para-hydroxylation sites is 2. The smallest absolute Gasteiger partial charge is 0.331 e. The number of fused-ring (bicyclic) bond motifs is 2. The third-order valence-corrected chi connectivity index (χ3v) is 19.3. The molecule has 35 heteroatoms. The van der Waals surface area contributed by atoms with Crippen LogP contribution >= 0.6 is 0 Å². The largest absolute Gasteiger partial charge is 0.508 e. The van der Waals surface area contributed by atoms with E-state index < -0.39 is 181 Å². The van der Waals surface area contributed by atoms with E-state index in [0.717, 1.165) is 38.5 Å². The van der Waals surface area contributed by atoms with E-state index in [1.807, 2.05) is 0 Å². The molecule has 612 valence electrons. The molecule has 0 radical (unpaired) electrons. The highest BCUT2D eigenvalue weighted by Crippen LogP contribution is 2.23. The lowest BCUT2D eigenvalue weighted by Gasteiger charge is -2.30. The van der Waals surface area contributed by atoms with Crippen molar-refractivity contribution in [2.45, 2.75) is 216 Å². The number of esters is 1. The van der Waals surface area contributed by atoms with Crippen LogP contribution in [0.3, 0.4) is 0 Å². The van der Waals surface area contributed by atoms with Gasteiger partial charge in [-0.15, -0.1) is 0 Å². The number of cyclic esters (lactones) is 1. The van der Waals surface area contributed by atoms with Crippen molar-refractivity contribution in [1.82, 2.24) is 73.8 Å². The molecule has 1 fully saturated rings. The number of ether oxygens (including phenoxy) is 1. The predicted octanol–water partition coefficient (Wildman–Crippen LogP) is -1.32. The zero-order valence-corrected chi connectivity index (χ0v) is 64.0. The lowest BCUT2D eigenvalue weighted by molar-refractivity contribution is -0.157. The Hall–Kier alpha value is -11.0. The highest BCUT2D eigenvalue weighted by Gasteiger charge is 2.40. The van der Waals surface area contributed by atoms with Gasteiger partial charge in [-0.25, -0.2) is 4.79 Å². The minimum Gasteiger partial charge on any atom is -0.508 e. The molecule has 1 aliphatic rings. The van der Waals surface area contributed by atoms with Crippen molar-refractivity contribution in [3.63, 3.8) is 0 Å². The third-order valence-electron chi connectivity index (χ3n) is 19.3. The second kappa shape index (κ2) is 46.6. The number of hydrogen-bond acceptors (Lipinski definition) is 20. The molecule has 0 aliphatic carbocycles. The summed E-state index contributed by atoms with van der Waals surface area (Å²) in [6, 6.07) is 4.81. The average Bonchev–Trinajstić information content (AvgIpc) is 1.63. The lowest BCUT2D eigenvalue weighted by atomic mass is 9.97. The molecule has 6 rings (SSSR count). The summed E-state index contributed by atoms with van der Waals surface area (Å²) in [5.74, 6) is -13.3. The molecule has 12 atom stereocenters. The highest BCUT2D eigenvalue weighted by molar-refractivity contribution is 6.01. The normalized spacial score (nSPS) is 17.5. The van der Waals surface area contributed by atoms with E-state index in [1.165, 1.54) is 31.2 Å². The molecule has 112 heavy (non-hydrogen) atoms. The van der Waals surface area contributed by atoms with Crippen LogP contribution in [0.1, 0.15) is 147 Å². The highest BCUT2D eigenvalue weighted by atomic mass is 16.5. The number of aliphatic hydroxyl groups excluding tert-OH is 1. The monoisotopic (exact) mass is 1560 g/mol. The van der Waals surface area contributed by atoms with E-state index in [2.05, 4.69) is 80.7 Å². The number of primary amides is 1. The Bertz CT molecular complexity index is 4000. The number of benzene rings is 3. The van der Waals surface area contributed by atoms with Gasteiger partial charge in [0.2, 0.25) is 76.8 Å². The van der Waals surface area contributed by atoms with Gasteiger partial charge in [0.1, 0.15) is 66.2 Å². The summed E-state index contributed by atoms with van der Waals surface area (Å²) >= 11 is 0. The van der Waals surface area contributed by atoms with Crippen molar-refractivity contribution in [2.24, 2.45) is 28.9 Å². The van der Waals surface area contributed by atoms with Crippen LogP contribution in [0.2, 0.25) is 0 Å². The van der Waals surface area contributed by atoms with Crippen molar-refractivity contribution in [3.8, 4) is 5.75 Å². The number of carbonyl (C=O) groups excluding carboxylic acids is 14. The van der Waals surface area contributed by atoms with Gasteiger partial charge < -0.3 is 112 Å². The van der Waals surface area contributed by atoms with Gasteiger partial charge in [-0.05, 0) is 118 Å². The fraction of sp³-hybridized carbons (Fsp3) is 0.532. The van der Waals surface area contributed by atoms with E-state index in [9.17, 15) is 72.5 Å².